The highest BCUT2D eigenvalue weighted by Crippen LogP contribution is 2.27. The molecule has 0 saturated heterocycles. The highest BCUT2D eigenvalue weighted by molar-refractivity contribution is 5.78. The molecule has 0 bridgehead atoms. The predicted molar refractivity (Wildman–Crippen MR) is 91.8 cm³/mol. The molecule has 4 rings (SSSR count). The van der Waals surface area contributed by atoms with Gasteiger partial charge in [0.05, 0.1) is 24.3 Å². The van der Waals surface area contributed by atoms with Gasteiger partial charge in [-0.1, -0.05) is 6.07 Å². The SMILES string of the molecule is O=C(Cc1cn2ccccc2n1)N[C@@H]1CC(Cn2cccn2)C[C@H]1O. The number of amides is 1. The zero-order chi connectivity index (χ0) is 17.2. The van der Waals surface area contributed by atoms with Gasteiger partial charge >= 0.3 is 0 Å². The van der Waals surface area contributed by atoms with Crippen molar-refractivity contribution in [2.75, 3.05) is 0 Å². The molecule has 3 aromatic heterocycles. The van der Waals surface area contributed by atoms with Crippen molar-refractivity contribution in [1.82, 2.24) is 24.5 Å². The van der Waals surface area contributed by atoms with E-state index in [-0.39, 0.29) is 18.4 Å². The first kappa shape index (κ1) is 15.8. The normalized spacial score (nSPS) is 23.2. The number of carbonyl (C=O) groups is 1. The maximum Gasteiger partial charge on any atom is 0.226 e. The van der Waals surface area contributed by atoms with Gasteiger partial charge in [-0.15, -0.1) is 0 Å². The van der Waals surface area contributed by atoms with Crippen LogP contribution in [0.2, 0.25) is 0 Å². The second-order valence-electron chi connectivity index (χ2n) is 6.68. The molecule has 0 aromatic carbocycles. The quantitative estimate of drug-likeness (QED) is 0.727. The number of aliphatic hydroxyl groups is 1. The Morgan fingerprint density at radius 3 is 3.00 bits per heavy atom. The van der Waals surface area contributed by atoms with Gasteiger partial charge in [-0.2, -0.15) is 5.10 Å². The van der Waals surface area contributed by atoms with Gasteiger partial charge in [0.2, 0.25) is 5.91 Å². The predicted octanol–water partition coefficient (Wildman–Crippen LogP) is 1.03. The lowest BCUT2D eigenvalue weighted by atomic mass is 10.1. The summed E-state index contributed by atoms with van der Waals surface area (Å²) in [5, 5.41) is 17.4. The third kappa shape index (κ3) is 3.56. The molecule has 1 aliphatic rings. The van der Waals surface area contributed by atoms with Crippen molar-refractivity contribution in [3.63, 3.8) is 0 Å². The average molecular weight is 339 g/mol. The Morgan fingerprint density at radius 2 is 2.20 bits per heavy atom. The summed E-state index contributed by atoms with van der Waals surface area (Å²) >= 11 is 0. The number of pyridine rings is 1. The number of aromatic nitrogens is 4. The number of hydrogen-bond donors (Lipinski definition) is 2. The molecule has 7 heteroatoms. The van der Waals surface area contributed by atoms with Crippen LogP contribution in [0.25, 0.3) is 5.65 Å². The first-order valence-electron chi connectivity index (χ1n) is 8.55. The molecule has 130 valence electrons. The summed E-state index contributed by atoms with van der Waals surface area (Å²) in [4.78, 5) is 16.8. The van der Waals surface area contributed by atoms with Gasteiger partial charge in [-0.05, 0) is 37.0 Å². The van der Waals surface area contributed by atoms with Crippen LogP contribution in [-0.2, 0) is 17.8 Å². The molecule has 1 saturated carbocycles. The summed E-state index contributed by atoms with van der Waals surface area (Å²) in [6.45, 7) is 0.767. The van der Waals surface area contributed by atoms with Crippen molar-refractivity contribution in [2.45, 2.75) is 38.0 Å². The molecule has 3 aromatic rings. The van der Waals surface area contributed by atoms with Gasteiger partial charge in [-0.3, -0.25) is 9.48 Å². The van der Waals surface area contributed by atoms with Gasteiger partial charge in [0, 0.05) is 31.3 Å². The molecule has 25 heavy (non-hydrogen) atoms. The second kappa shape index (κ2) is 6.68. The van der Waals surface area contributed by atoms with Crippen LogP contribution in [0.5, 0.6) is 0 Å². The fraction of sp³-hybridized carbons (Fsp3) is 0.389. The van der Waals surface area contributed by atoms with E-state index in [0.29, 0.717) is 12.3 Å². The molecule has 3 atom stereocenters. The maximum atomic E-state index is 12.3. The van der Waals surface area contributed by atoms with Crippen molar-refractivity contribution in [2.24, 2.45) is 5.92 Å². The van der Waals surface area contributed by atoms with E-state index in [9.17, 15) is 9.90 Å². The molecule has 0 radical (unpaired) electrons. The molecule has 1 unspecified atom stereocenters. The van der Waals surface area contributed by atoms with E-state index >= 15 is 0 Å². The summed E-state index contributed by atoms with van der Waals surface area (Å²) in [7, 11) is 0. The van der Waals surface area contributed by atoms with Gasteiger partial charge in [-0.25, -0.2) is 4.98 Å². The maximum absolute atomic E-state index is 12.3. The van der Waals surface area contributed by atoms with E-state index in [1.54, 1.807) is 6.20 Å². The number of rotatable bonds is 5. The number of carbonyl (C=O) groups excluding carboxylic acids is 1. The van der Waals surface area contributed by atoms with Crippen molar-refractivity contribution in [1.29, 1.82) is 0 Å². The van der Waals surface area contributed by atoms with Gasteiger partial charge < -0.3 is 14.8 Å². The van der Waals surface area contributed by atoms with Crippen molar-refractivity contribution in [3.8, 4) is 0 Å². The standard InChI is InChI=1S/C18H21N5O2/c24-16-9-13(11-23-7-3-5-19-23)8-15(16)21-18(25)10-14-12-22-6-2-1-4-17(22)20-14/h1-7,12-13,15-16,24H,8-11H2,(H,21,25)/t13?,15-,16-/m1/s1. The molecular weight excluding hydrogens is 318 g/mol. The number of nitrogens with one attached hydrogen (secondary N) is 1. The van der Waals surface area contributed by atoms with E-state index in [1.807, 2.05) is 51.9 Å². The second-order valence-corrected chi connectivity index (χ2v) is 6.68. The molecule has 0 aliphatic heterocycles. The molecule has 2 N–H and O–H groups in total. The average Bonchev–Trinajstić information content (AvgIpc) is 3.28. The first-order valence-corrected chi connectivity index (χ1v) is 8.55. The Hall–Kier alpha value is -2.67. The van der Waals surface area contributed by atoms with Crippen LogP contribution < -0.4 is 5.32 Å². The molecule has 0 spiro atoms. The Morgan fingerprint density at radius 1 is 1.28 bits per heavy atom. The Bertz CT molecular complexity index is 824. The minimum Gasteiger partial charge on any atom is -0.391 e. The molecule has 1 fully saturated rings. The van der Waals surface area contributed by atoms with E-state index < -0.39 is 6.10 Å². The highest BCUT2D eigenvalue weighted by atomic mass is 16.3. The van der Waals surface area contributed by atoms with Crippen molar-refractivity contribution in [3.05, 3.63) is 54.7 Å². The summed E-state index contributed by atoms with van der Waals surface area (Å²) in [6.07, 6.45) is 8.59. The Labute approximate surface area is 145 Å². The van der Waals surface area contributed by atoms with Crippen LogP contribution >= 0.6 is 0 Å². The monoisotopic (exact) mass is 339 g/mol. The molecule has 1 amide bonds. The largest absolute Gasteiger partial charge is 0.391 e. The third-order valence-electron chi connectivity index (χ3n) is 4.73. The highest BCUT2D eigenvalue weighted by Gasteiger charge is 2.34. The van der Waals surface area contributed by atoms with Crippen LogP contribution in [0.1, 0.15) is 18.5 Å². The summed E-state index contributed by atoms with van der Waals surface area (Å²) in [5.41, 5.74) is 1.55. The fourth-order valence-corrected chi connectivity index (χ4v) is 3.59. The third-order valence-corrected chi connectivity index (χ3v) is 4.73. The van der Waals surface area contributed by atoms with Crippen molar-refractivity contribution < 1.29 is 9.90 Å². The molecular formula is C18H21N5O2. The number of hydrogen-bond acceptors (Lipinski definition) is 4. The van der Waals surface area contributed by atoms with Gasteiger partial charge in [0.1, 0.15) is 5.65 Å². The van der Waals surface area contributed by atoms with Gasteiger partial charge in [0.15, 0.2) is 0 Å². The lowest BCUT2D eigenvalue weighted by Crippen LogP contribution is -2.40. The minimum absolute atomic E-state index is 0.104. The van der Waals surface area contributed by atoms with E-state index in [4.69, 9.17) is 0 Å². The van der Waals surface area contributed by atoms with E-state index in [1.165, 1.54) is 0 Å². The zero-order valence-corrected chi connectivity index (χ0v) is 13.8. The number of imidazole rings is 1. The zero-order valence-electron chi connectivity index (χ0n) is 13.8. The van der Waals surface area contributed by atoms with Crippen LogP contribution in [0.15, 0.2) is 49.1 Å². The van der Waals surface area contributed by atoms with E-state index in [0.717, 1.165) is 24.3 Å². The lowest BCUT2D eigenvalue weighted by molar-refractivity contribution is -0.121. The molecule has 7 nitrogen and oxygen atoms in total. The van der Waals surface area contributed by atoms with E-state index in [2.05, 4.69) is 15.4 Å². The fourth-order valence-electron chi connectivity index (χ4n) is 3.59. The van der Waals surface area contributed by atoms with Crippen LogP contribution in [0, 0.1) is 5.92 Å². The first-order chi connectivity index (χ1) is 12.2. The van der Waals surface area contributed by atoms with Crippen LogP contribution in [0.4, 0.5) is 0 Å². The van der Waals surface area contributed by atoms with Gasteiger partial charge in [0.25, 0.3) is 0 Å². The number of fused-ring (bicyclic) bond motifs is 1. The van der Waals surface area contributed by atoms with Crippen LogP contribution in [-0.4, -0.2) is 42.3 Å². The summed E-state index contributed by atoms with van der Waals surface area (Å²) in [5.74, 6) is 0.211. The lowest BCUT2D eigenvalue weighted by Gasteiger charge is -2.16. The Kier molecular flexibility index (Phi) is 4.23. The number of aliphatic hydroxyl groups excluding tert-OH is 1. The smallest absolute Gasteiger partial charge is 0.226 e. The molecule has 3 heterocycles. The topological polar surface area (TPSA) is 84.5 Å². The van der Waals surface area contributed by atoms with Crippen LogP contribution in [0.3, 0.4) is 0 Å². The summed E-state index contributed by atoms with van der Waals surface area (Å²) in [6, 6.07) is 7.43. The Balaban J connectivity index is 1.34. The molecule has 1 aliphatic carbocycles. The number of nitrogens with zero attached hydrogens (tertiary/aromatic N) is 4. The summed E-state index contributed by atoms with van der Waals surface area (Å²) < 4.78 is 3.77. The minimum atomic E-state index is -0.509. The van der Waals surface area contributed by atoms with Crippen molar-refractivity contribution >= 4 is 11.6 Å².